The molecule has 0 bridgehead atoms. The Morgan fingerprint density at radius 3 is 2.95 bits per heavy atom. The molecule has 5 nitrogen and oxygen atoms in total. The van der Waals surface area contributed by atoms with Gasteiger partial charge in [-0.15, -0.1) is 12.4 Å². The maximum atomic E-state index is 11.6. The zero-order valence-corrected chi connectivity index (χ0v) is 13.5. The van der Waals surface area contributed by atoms with Crippen molar-refractivity contribution in [3.63, 3.8) is 0 Å². The van der Waals surface area contributed by atoms with Gasteiger partial charge in [-0.2, -0.15) is 0 Å². The highest BCUT2D eigenvalue weighted by molar-refractivity contribution is 5.85. The van der Waals surface area contributed by atoms with E-state index in [9.17, 15) is 4.79 Å². The van der Waals surface area contributed by atoms with E-state index >= 15 is 0 Å². The summed E-state index contributed by atoms with van der Waals surface area (Å²) in [5, 5.41) is 6.06. The number of aromatic nitrogens is 1. The number of hydrogen-bond donors (Lipinski definition) is 2. The molecule has 0 saturated heterocycles. The Morgan fingerprint density at radius 2 is 2.23 bits per heavy atom. The molecule has 2 N–H and O–H groups in total. The highest BCUT2D eigenvalue weighted by Gasteiger charge is 2.20. The summed E-state index contributed by atoms with van der Waals surface area (Å²) < 4.78 is 5.67. The number of nitrogens with one attached hydrogen (secondary N) is 2. The van der Waals surface area contributed by atoms with E-state index in [0.29, 0.717) is 25.4 Å². The monoisotopic (exact) mass is 323 g/mol. The molecular weight excluding hydrogens is 302 g/mol. The first-order valence-corrected chi connectivity index (χ1v) is 7.55. The van der Waals surface area contributed by atoms with Gasteiger partial charge in [-0.3, -0.25) is 4.79 Å². The van der Waals surface area contributed by atoms with Gasteiger partial charge in [0.1, 0.15) is 5.52 Å². The van der Waals surface area contributed by atoms with E-state index in [4.69, 9.17) is 4.42 Å². The molecule has 0 aliphatic heterocycles. The third-order valence-electron chi connectivity index (χ3n) is 3.74. The minimum absolute atomic E-state index is 0. The van der Waals surface area contributed by atoms with Gasteiger partial charge in [-0.05, 0) is 43.9 Å². The smallest absolute Gasteiger partial charge is 0.233 e. The standard InChI is InChI=1S/C16H21N3O2.ClH/c1-11-3-2-4-13-16(11)19-15(21-13)7-8-18-14(20)10-17-9-12-5-6-12;/h2-4,12,17H,5-10H2,1H3,(H,18,20);1H. The van der Waals surface area contributed by atoms with Gasteiger partial charge in [0, 0.05) is 13.0 Å². The summed E-state index contributed by atoms with van der Waals surface area (Å²) in [6, 6.07) is 5.89. The summed E-state index contributed by atoms with van der Waals surface area (Å²) >= 11 is 0. The van der Waals surface area contributed by atoms with Crippen LogP contribution in [0.3, 0.4) is 0 Å². The molecule has 22 heavy (non-hydrogen) atoms. The van der Waals surface area contributed by atoms with E-state index < -0.39 is 0 Å². The number of carbonyl (C=O) groups is 1. The van der Waals surface area contributed by atoms with Crippen LogP contribution in [0.4, 0.5) is 0 Å². The third-order valence-corrected chi connectivity index (χ3v) is 3.74. The number of carbonyl (C=O) groups excluding carboxylic acids is 1. The van der Waals surface area contributed by atoms with Crippen LogP contribution in [-0.2, 0) is 11.2 Å². The van der Waals surface area contributed by atoms with Gasteiger partial charge < -0.3 is 15.1 Å². The number of hydrogen-bond acceptors (Lipinski definition) is 4. The van der Waals surface area contributed by atoms with Crippen molar-refractivity contribution in [2.24, 2.45) is 5.92 Å². The van der Waals surface area contributed by atoms with Crippen molar-refractivity contribution in [2.75, 3.05) is 19.6 Å². The number of halogens is 1. The molecule has 1 aliphatic carbocycles. The van der Waals surface area contributed by atoms with Crippen LogP contribution in [-0.4, -0.2) is 30.5 Å². The average Bonchev–Trinajstić information content (AvgIpc) is 3.17. The Kier molecular flexibility index (Phi) is 5.80. The number of nitrogens with zero attached hydrogens (tertiary/aromatic N) is 1. The predicted molar refractivity (Wildman–Crippen MR) is 88.3 cm³/mol. The van der Waals surface area contributed by atoms with Crippen LogP contribution in [0, 0.1) is 12.8 Å². The van der Waals surface area contributed by atoms with Crippen LogP contribution in [0.2, 0.25) is 0 Å². The Morgan fingerprint density at radius 1 is 1.41 bits per heavy atom. The first kappa shape index (κ1) is 16.8. The van der Waals surface area contributed by atoms with Crippen LogP contribution < -0.4 is 10.6 Å². The minimum Gasteiger partial charge on any atom is -0.441 e. The van der Waals surface area contributed by atoms with E-state index in [2.05, 4.69) is 15.6 Å². The third kappa shape index (κ3) is 4.45. The topological polar surface area (TPSA) is 67.2 Å². The molecule has 1 amide bonds. The van der Waals surface area contributed by atoms with Gasteiger partial charge in [0.15, 0.2) is 11.5 Å². The lowest BCUT2D eigenvalue weighted by atomic mass is 10.2. The lowest BCUT2D eigenvalue weighted by Crippen LogP contribution is -2.35. The fourth-order valence-corrected chi connectivity index (χ4v) is 2.32. The molecule has 2 aromatic rings. The van der Waals surface area contributed by atoms with Crippen molar-refractivity contribution in [3.8, 4) is 0 Å². The molecule has 120 valence electrons. The second-order valence-electron chi connectivity index (χ2n) is 5.70. The maximum Gasteiger partial charge on any atom is 0.233 e. The predicted octanol–water partition coefficient (Wildman–Crippen LogP) is 2.22. The van der Waals surface area contributed by atoms with Crippen molar-refractivity contribution < 1.29 is 9.21 Å². The molecular formula is C16H22ClN3O2. The quantitative estimate of drug-likeness (QED) is 0.820. The number of fused-ring (bicyclic) bond motifs is 1. The van der Waals surface area contributed by atoms with Crippen LogP contribution in [0.25, 0.3) is 11.1 Å². The van der Waals surface area contributed by atoms with Crippen molar-refractivity contribution in [1.29, 1.82) is 0 Å². The Balaban J connectivity index is 0.00000176. The zero-order chi connectivity index (χ0) is 14.7. The molecule has 0 radical (unpaired) electrons. The molecule has 1 aromatic heterocycles. The first-order valence-electron chi connectivity index (χ1n) is 7.55. The number of benzene rings is 1. The van der Waals surface area contributed by atoms with Crippen molar-refractivity contribution >= 4 is 29.4 Å². The van der Waals surface area contributed by atoms with E-state index in [1.807, 2.05) is 25.1 Å². The van der Waals surface area contributed by atoms with Gasteiger partial charge >= 0.3 is 0 Å². The second kappa shape index (κ2) is 7.61. The van der Waals surface area contributed by atoms with E-state index in [1.54, 1.807) is 0 Å². The lowest BCUT2D eigenvalue weighted by Gasteiger charge is -2.04. The highest BCUT2D eigenvalue weighted by Crippen LogP contribution is 2.27. The highest BCUT2D eigenvalue weighted by atomic mass is 35.5. The van der Waals surface area contributed by atoms with Crippen LogP contribution >= 0.6 is 12.4 Å². The number of para-hydroxylation sites is 1. The number of oxazole rings is 1. The van der Waals surface area contributed by atoms with E-state index in [1.165, 1.54) is 12.8 Å². The normalized spacial score (nSPS) is 13.9. The molecule has 1 heterocycles. The molecule has 0 atom stereocenters. The van der Waals surface area contributed by atoms with Crippen LogP contribution in [0.15, 0.2) is 22.6 Å². The Hall–Kier alpha value is -1.59. The van der Waals surface area contributed by atoms with E-state index in [-0.39, 0.29) is 18.3 Å². The molecule has 1 saturated carbocycles. The molecule has 1 aliphatic rings. The fourth-order valence-electron chi connectivity index (χ4n) is 2.32. The van der Waals surface area contributed by atoms with Gasteiger partial charge in [-0.1, -0.05) is 12.1 Å². The van der Waals surface area contributed by atoms with Crippen molar-refractivity contribution in [3.05, 3.63) is 29.7 Å². The van der Waals surface area contributed by atoms with Gasteiger partial charge in [0.2, 0.25) is 5.91 Å². The summed E-state index contributed by atoms with van der Waals surface area (Å²) in [6.45, 7) is 3.92. The van der Waals surface area contributed by atoms with Crippen LogP contribution in [0.5, 0.6) is 0 Å². The largest absolute Gasteiger partial charge is 0.441 e. The SMILES string of the molecule is Cc1cccc2oc(CCNC(=O)CNCC3CC3)nc12.Cl. The number of rotatable bonds is 7. The Labute approximate surface area is 136 Å². The maximum absolute atomic E-state index is 11.6. The van der Waals surface area contributed by atoms with Crippen LogP contribution in [0.1, 0.15) is 24.3 Å². The van der Waals surface area contributed by atoms with Gasteiger partial charge in [-0.25, -0.2) is 4.98 Å². The fraction of sp³-hybridized carbons (Fsp3) is 0.500. The van der Waals surface area contributed by atoms with Gasteiger partial charge in [0.05, 0.1) is 6.54 Å². The van der Waals surface area contributed by atoms with Gasteiger partial charge in [0.25, 0.3) is 0 Å². The lowest BCUT2D eigenvalue weighted by molar-refractivity contribution is -0.120. The average molecular weight is 324 g/mol. The van der Waals surface area contributed by atoms with E-state index in [0.717, 1.165) is 29.1 Å². The summed E-state index contributed by atoms with van der Waals surface area (Å²) in [7, 11) is 0. The minimum atomic E-state index is 0. The number of aryl methyl sites for hydroxylation is 1. The molecule has 1 fully saturated rings. The first-order chi connectivity index (χ1) is 10.2. The zero-order valence-electron chi connectivity index (χ0n) is 12.7. The molecule has 1 aromatic carbocycles. The van der Waals surface area contributed by atoms with Crippen molar-refractivity contribution in [1.82, 2.24) is 15.6 Å². The summed E-state index contributed by atoms with van der Waals surface area (Å²) in [5.41, 5.74) is 2.82. The molecule has 6 heteroatoms. The summed E-state index contributed by atoms with van der Waals surface area (Å²) in [6.07, 6.45) is 3.21. The summed E-state index contributed by atoms with van der Waals surface area (Å²) in [5.74, 6) is 1.49. The molecule has 0 spiro atoms. The van der Waals surface area contributed by atoms with Crippen molar-refractivity contribution in [2.45, 2.75) is 26.2 Å². The molecule has 3 rings (SSSR count). The second-order valence-corrected chi connectivity index (χ2v) is 5.70. The molecule has 0 unspecified atom stereocenters. The Bertz CT molecular complexity index is 637. The number of amides is 1. The summed E-state index contributed by atoms with van der Waals surface area (Å²) in [4.78, 5) is 16.1.